The SMILES string of the molecule is CCN(CC)C(=O)N1CCC[C@H](C(=O)NCc2cccc(N3CCCC3=O)c2)C1. The van der Waals surface area contributed by atoms with Crippen molar-refractivity contribution >= 4 is 23.5 Å². The summed E-state index contributed by atoms with van der Waals surface area (Å²) in [5.41, 5.74) is 1.87. The molecule has 1 N–H and O–H groups in total. The number of hydrogen-bond donors (Lipinski definition) is 1. The average molecular weight is 401 g/mol. The first-order valence-electron chi connectivity index (χ1n) is 10.7. The number of anilines is 1. The second kappa shape index (κ2) is 9.76. The summed E-state index contributed by atoms with van der Waals surface area (Å²) in [6, 6.07) is 7.82. The first kappa shape index (κ1) is 21.1. The van der Waals surface area contributed by atoms with E-state index in [-0.39, 0.29) is 23.8 Å². The molecule has 7 heteroatoms. The fraction of sp³-hybridized carbons (Fsp3) is 0.591. The molecule has 0 unspecified atom stereocenters. The van der Waals surface area contributed by atoms with E-state index < -0.39 is 0 Å². The number of amides is 4. The molecule has 2 fully saturated rings. The van der Waals surface area contributed by atoms with Crippen molar-refractivity contribution in [1.82, 2.24) is 15.1 Å². The molecule has 1 aromatic carbocycles. The number of nitrogens with one attached hydrogen (secondary N) is 1. The summed E-state index contributed by atoms with van der Waals surface area (Å²) < 4.78 is 0. The highest BCUT2D eigenvalue weighted by Gasteiger charge is 2.30. The van der Waals surface area contributed by atoms with Crippen molar-refractivity contribution in [2.75, 3.05) is 37.6 Å². The van der Waals surface area contributed by atoms with Crippen molar-refractivity contribution in [3.63, 3.8) is 0 Å². The molecule has 0 radical (unpaired) electrons. The Morgan fingerprint density at radius 1 is 1.17 bits per heavy atom. The van der Waals surface area contributed by atoms with E-state index in [1.165, 1.54) is 0 Å². The largest absolute Gasteiger partial charge is 0.352 e. The van der Waals surface area contributed by atoms with Gasteiger partial charge in [-0.1, -0.05) is 12.1 Å². The molecular formula is C22H32N4O3. The third kappa shape index (κ3) is 5.08. The van der Waals surface area contributed by atoms with E-state index in [0.717, 1.165) is 37.1 Å². The van der Waals surface area contributed by atoms with Gasteiger partial charge < -0.3 is 20.0 Å². The van der Waals surface area contributed by atoms with Crippen LogP contribution in [0, 0.1) is 5.92 Å². The van der Waals surface area contributed by atoms with E-state index in [1.807, 2.05) is 43.0 Å². The van der Waals surface area contributed by atoms with Gasteiger partial charge in [-0.05, 0) is 50.8 Å². The molecule has 158 valence electrons. The van der Waals surface area contributed by atoms with E-state index in [4.69, 9.17) is 0 Å². The van der Waals surface area contributed by atoms with E-state index in [9.17, 15) is 14.4 Å². The van der Waals surface area contributed by atoms with E-state index in [0.29, 0.717) is 39.1 Å². The van der Waals surface area contributed by atoms with Crippen LogP contribution < -0.4 is 10.2 Å². The highest BCUT2D eigenvalue weighted by atomic mass is 16.2. The molecular weight excluding hydrogens is 368 g/mol. The minimum atomic E-state index is -0.174. The van der Waals surface area contributed by atoms with E-state index in [1.54, 1.807) is 9.80 Å². The Hall–Kier alpha value is -2.57. The minimum absolute atomic E-state index is 0.00954. The maximum Gasteiger partial charge on any atom is 0.320 e. The van der Waals surface area contributed by atoms with Crippen molar-refractivity contribution in [3.8, 4) is 0 Å². The van der Waals surface area contributed by atoms with Gasteiger partial charge in [-0.25, -0.2) is 4.79 Å². The van der Waals surface area contributed by atoms with Gasteiger partial charge in [-0.3, -0.25) is 9.59 Å². The zero-order valence-electron chi connectivity index (χ0n) is 17.5. The Morgan fingerprint density at radius 2 is 1.97 bits per heavy atom. The van der Waals surface area contributed by atoms with Gasteiger partial charge >= 0.3 is 6.03 Å². The zero-order chi connectivity index (χ0) is 20.8. The maximum atomic E-state index is 12.7. The molecule has 2 saturated heterocycles. The van der Waals surface area contributed by atoms with Gasteiger partial charge in [0.05, 0.1) is 5.92 Å². The Balaban J connectivity index is 1.55. The summed E-state index contributed by atoms with van der Waals surface area (Å²) in [4.78, 5) is 42.7. The average Bonchev–Trinajstić information content (AvgIpc) is 3.19. The summed E-state index contributed by atoms with van der Waals surface area (Å²) in [7, 11) is 0. The number of nitrogens with zero attached hydrogens (tertiary/aromatic N) is 3. The second-order valence-electron chi connectivity index (χ2n) is 7.78. The van der Waals surface area contributed by atoms with Crippen molar-refractivity contribution in [2.24, 2.45) is 5.92 Å². The summed E-state index contributed by atoms with van der Waals surface area (Å²) >= 11 is 0. The first-order chi connectivity index (χ1) is 14.0. The highest BCUT2D eigenvalue weighted by Crippen LogP contribution is 2.23. The summed E-state index contributed by atoms with van der Waals surface area (Å²) in [5, 5.41) is 3.02. The molecule has 2 aliphatic rings. The van der Waals surface area contributed by atoms with Crippen molar-refractivity contribution in [1.29, 1.82) is 0 Å². The Labute approximate surface area is 173 Å². The Bertz CT molecular complexity index is 747. The quantitative estimate of drug-likeness (QED) is 0.798. The monoisotopic (exact) mass is 400 g/mol. The van der Waals surface area contributed by atoms with Gasteiger partial charge in [0.25, 0.3) is 0 Å². The van der Waals surface area contributed by atoms with Crippen LogP contribution in [0.4, 0.5) is 10.5 Å². The van der Waals surface area contributed by atoms with Crippen LogP contribution in [-0.2, 0) is 16.1 Å². The number of hydrogen-bond acceptors (Lipinski definition) is 3. The topological polar surface area (TPSA) is 73.0 Å². The van der Waals surface area contributed by atoms with Gasteiger partial charge in [0.1, 0.15) is 0 Å². The van der Waals surface area contributed by atoms with Crippen LogP contribution in [0.1, 0.15) is 45.1 Å². The summed E-state index contributed by atoms with van der Waals surface area (Å²) in [6.07, 6.45) is 3.14. The Kier molecular flexibility index (Phi) is 7.12. The third-order valence-corrected chi connectivity index (χ3v) is 5.86. The van der Waals surface area contributed by atoms with E-state index in [2.05, 4.69) is 5.32 Å². The molecule has 1 aromatic rings. The molecule has 0 saturated carbocycles. The molecule has 0 spiro atoms. The third-order valence-electron chi connectivity index (χ3n) is 5.86. The number of piperidine rings is 1. The number of carbonyl (C=O) groups is 3. The molecule has 0 aliphatic carbocycles. The van der Waals surface area contributed by atoms with Crippen LogP contribution in [0.2, 0.25) is 0 Å². The van der Waals surface area contributed by atoms with E-state index >= 15 is 0 Å². The lowest BCUT2D eigenvalue weighted by molar-refractivity contribution is -0.126. The second-order valence-corrected chi connectivity index (χ2v) is 7.78. The molecule has 7 nitrogen and oxygen atoms in total. The standard InChI is InChI=1S/C22H32N4O3/c1-3-24(4-2)22(29)25-12-6-9-18(16-25)21(28)23-15-17-8-5-10-19(14-17)26-13-7-11-20(26)27/h5,8,10,14,18H,3-4,6-7,9,11-13,15-16H2,1-2H3,(H,23,28)/t18-/m0/s1. The molecule has 3 rings (SSSR count). The molecule has 0 aromatic heterocycles. The summed E-state index contributed by atoms with van der Waals surface area (Å²) in [6.45, 7) is 7.67. The summed E-state index contributed by atoms with van der Waals surface area (Å²) in [5.74, 6) is -0.0253. The normalized spacial score (nSPS) is 19.4. The zero-order valence-corrected chi connectivity index (χ0v) is 17.5. The number of urea groups is 1. The lowest BCUT2D eigenvalue weighted by Crippen LogP contribution is -2.50. The highest BCUT2D eigenvalue weighted by molar-refractivity contribution is 5.95. The number of benzene rings is 1. The van der Waals surface area contributed by atoms with Gasteiger partial charge in [0.2, 0.25) is 11.8 Å². The smallest absolute Gasteiger partial charge is 0.320 e. The first-order valence-corrected chi connectivity index (χ1v) is 10.7. The van der Waals surface area contributed by atoms with Gasteiger partial charge in [0, 0.05) is 51.4 Å². The van der Waals surface area contributed by atoms with Crippen LogP contribution in [-0.4, -0.2) is 60.4 Å². The van der Waals surface area contributed by atoms with Gasteiger partial charge in [-0.2, -0.15) is 0 Å². The van der Waals surface area contributed by atoms with Gasteiger partial charge in [0.15, 0.2) is 0 Å². The number of rotatable bonds is 6. The lowest BCUT2D eigenvalue weighted by Gasteiger charge is -2.35. The number of carbonyl (C=O) groups excluding carboxylic acids is 3. The Morgan fingerprint density at radius 3 is 2.66 bits per heavy atom. The predicted octanol–water partition coefficient (Wildman–Crippen LogP) is 2.60. The lowest BCUT2D eigenvalue weighted by atomic mass is 9.97. The molecule has 29 heavy (non-hydrogen) atoms. The fourth-order valence-electron chi connectivity index (χ4n) is 4.15. The van der Waals surface area contributed by atoms with Crippen molar-refractivity contribution in [3.05, 3.63) is 29.8 Å². The molecule has 4 amide bonds. The van der Waals surface area contributed by atoms with Crippen LogP contribution in [0.15, 0.2) is 24.3 Å². The van der Waals surface area contributed by atoms with Crippen LogP contribution >= 0.6 is 0 Å². The van der Waals surface area contributed by atoms with Crippen LogP contribution in [0.5, 0.6) is 0 Å². The van der Waals surface area contributed by atoms with Crippen molar-refractivity contribution in [2.45, 2.75) is 46.1 Å². The molecule has 1 atom stereocenters. The maximum absolute atomic E-state index is 12.7. The van der Waals surface area contributed by atoms with Crippen LogP contribution in [0.25, 0.3) is 0 Å². The fourth-order valence-corrected chi connectivity index (χ4v) is 4.15. The van der Waals surface area contributed by atoms with Gasteiger partial charge in [-0.15, -0.1) is 0 Å². The predicted molar refractivity (Wildman–Crippen MR) is 112 cm³/mol. The van der Waals surface area contributed by atoms with Crippen molar-refractivity contribution < 1.29 is 14.4 Å². The van der Waals surface area contributed by atoms with Crippen LogP contribution in [0.3, 0.4) is 0 Å². The molecule has 2 aliphatic heterocycles. The minimum Gasteiger partial charge on any atom is -0.352 e. The molecule has 0 bridgehead atoms. The number of likely N-dealkylation sites (tertiary alicyclic amines) is 1. The molecule has 2 heterocycles.